The minimum Gasteiger partial charge on any atom is -0.433 e. The van der Waals surface area contributed by atoms with Crippen LogP contribution in [0.4, 0.5) is 25.1 Å². The Kier molecular flexibility index (Phi) is 21.6. The number of unbranched alkanes of at least 4 members (excludes halogenated alkanes) is 7. The Morgan fingerprint density at radius 2 is 1.61 bits per heavy atom. The van der Waals surface area contributed by atoms with Gasteiger partial charge >= 0.3 is 6.16 Å². The number of sulfone groups is 1. The lowest BCUT2D eigenvalue weighted by Crippen LogP contribution is -2.57. The zero-order valence-electron chi connectivity index (χ0n) is 50.5. The number of hydrogen-bond donors (Lipinski definition) is 4. The summed E-state index contributed by atoms with van der Waals surface area (Å²) in [4.78, 5) is 97.6. The fourth-order valence-corrected chi connectivity index (χ4v) is 15.3. The zero-order chi connectivity index (χ0) is 63.8. The predicted octanol–water partition coefficient (Wildman–Crippen LogP) is 9.13. The van der Waals surface area contributed by atoms with Gasteiger partial charge < -0.3 is 44.8 Å². The van der Waals surface area contributed by atoms with E-state index in [4.69, 9.17) is 9.47 Å². The zero-order valence-corrected chi connectivity index (χ0v) is 53.8. The van der Waals surface area contributed by atoms with Gasteiger partial charge in [0.1, 0.15) is 36.1 Å². The molecule has 0 saturated carbocycles. The molecule has 2 aliphatic heterocycles. The lowest BCUT2D eigenvalue weighted by molar-refractivity contribution is -0.144. The van der Waals surface area contributed by atoms with Crippen molar-refractivity contribution in [2.24, 2.45) is 12.5 Å². The number of amides is 4. The summed E-state index contributed by atoms with van der Waals surface area (Å²) in [6.07, 6.45) is 10.5. The lowest BCUT2D eigenvalue weighted by atomic mass is 9.85. The molecule has 21 nitrogen and oxygen atoms in total. The maximum Gasteiger partial charge on any atom is 0.508 e. The average molecular weight is 1290 g/mol. The van der Waals surface area contributed by atoms with Crippen LogP contribution in [0.15, 0.2) is 71.4 Å². The Hall–Kier alpha value is -7.23. The number of aromatic amines is 1. The maximum absolute atomic E-state index is 15.6. The normalized spacial score (nSPS) is 15.8. The molecule has 4 atom stereocenters. The van der Waals surface area contributed by atoms with Gasteiger partial charge in [0.25, 0.3) is 11.5 Å². The number of nitrogens with one attached hydrogen (secondary N) is 4. The monoisotopic (exact) mass is 1290 g/mol. The fraction of sp³-hybridized carbons (Fsp3) is 0.475. The number of rotatable bonds is 26. The number of carbonyl (C=O) groups excluding carboxylic acids is 5. The van der Waals surface area contributed by atoms with Gasteiger partial charge in [-0.25, -0.2) is 40.4 Å². The van der Waals surface area contributed by atoms with Gasteiger partial charge in [-0.1, -0.05) is 83.6 Å². The molecule has 1 saturated heterocycles. The Labute approximate surface area is 518 Å². The van der Waals surface area contributed by atoms with E-state index in [2.05, 4.69) is 30.9 Å². The molecule has 27 heteroatoms. The first-order valence-corrected chi connectivity index (χ1v) is 35.3. The van der Waals surface area contributed by atoms with Crippen LogP contribution in [0, 0.1) is 24.0 Å². The third-order valence-electron chi connectivity index (χ3n) is 15.3. The lowest BCUT2D eigenvalue weighted by Gasteiger charge is -2.35. The molecular weight excluding hydrogens is 1220 g/mol. The molecular formula is C61H75F2N9O12S4. The van der Waals surface area contributed by atoms with Crippen LogP contribution in [0.2, 0.25) is 0 Å². The van der Waals surface area contributed by atoms with E-state index in [1.807, 2.05) is 31.2 Å². The first-order valence-electron chi connectivity index (χ1n) is 29.0. The molecule has 0 bridgehead atoms. The highest BCUT2D eigenvalue weighted by atomic mass is 33.1. The van der Waals surface area contributed by atoms with Crippen LogP contribution in [0.3, 0.4) is 0 Å². The molecule has 2 aromatic carbocycles. The van der Waals surface area contributed by atoms with Crippen LogP contribution in [0.1, 0.15) is 125 Å². The summed E-state index contributed by atoms with van der Waals surface area (Å²) in [5.74, 6) is -4.47. The fourth-order valence-electron chi connectivity index (χ4n) is 11.0. The minimum atomic E-state index is -3.70. The molecule has 88 heavy (non-hydrogen) atoms. The number of hydrogen-bond acceptors (Lipinski definition) is 17. The number of carbonyl (C=O) groups is 5. The van der Waals surface area contributed by atoms with Crippen LogP contribution in [0.25, 0.3) is 32.5 Å². The number of H-pyrrole nitrogens is 1. The van der Waals surface area contributed by atoms with Gasteiger partial charge in [-0.3, -0.25) is 24.0 Å². The van der Waals surface area contributed by atoms with E-state index in [0.717, 1.165) is 78.9 Å². The second-order valence-electron chi connectivity index (χ2n) is 23.7. The van der Waals surface area contributed by atoms with E-state index >= 15 is 4.39 Å². The van der Waals surface area contributed by atoms with Crippen molar-refractivity contribution >= 4 is 93.0 Å². The summed E-state index contributed by atoms with van der Waals surface area (Å²) in [6, 6.07) is 9.33. The number of halogens is 2. The third kappa shape index (κ3) is 17.1. The highest BCUT2D eigenvalue weighted by Gasteiger charge is 2.46. The van der Waals surface area contributed by atoms with Crippen LogP contribution >= 0.6 is 22.1 Å². The topological polar surface area (TPSA) is 278 Å². The molecule has 1 fully saturated rings. The molecule has 0 spiro atoms. The number of aromatic nitrogens is 4. The van der Waals surface area contributed by atoms with Crippen molar-refractivity contribution in [2.45, 2.75) is 141 Å². The van der Waals surface area contributed by atoms with Gasteiger partial charge in [0, 0.05) is 86.0 Å². The molecule has 0 unspecified atom stereocenters. The standard InChI is InChI=1S/C61H75F2N9O12S4/c1-36(86-88(8,81)82)33-83-60(78)84-43-25-49(57(75)67-27-38-18-20-39(21-19-38)53-37(2)68-35-85-53)72(31-43)59(77)54(61(3,4)5)69-50(73)17-15-13-11-9-10-12-14-16-22-64-56(74)44-26-48-45(23-40(44)34-87(7,79)80)46-32-70(6)58(76)52-51(46)41(28-65-52)30-71(48)55-47(63)24-42(62)29-66-55/h18-21,23-24,26,28-29,32,35-36,43,49,54,65H,9-17,22,25,27,30-31,33-34H2,1-8H3,(H,64,74)(H,67,75)(H,69,73)/t36-,43-,49+,54-/m1/s1. The Morgan fingerprint density at radius 3 is 2.26 bits per heavy atom. The van der Waals surface area contributed by atoms with Gasteiger partial charge in [-0.15, -0.1) is 11.3 Å². The van der Waals surface area contributed by atoms with E-state index in [0.29, 0.717) is 57.5 Å². The number of fused-ring (bicyclic) bond motifs is 2. The van der Waals surface area contributed by atoms with Crippen LogP contribution in [-0.2, 0) is 68.5 Å². The molecule has 4 aromatic heterocycles. The number of nitrogens with zero attached hydrogens (tertiary/aromatic N) is 5. The van der Waals surface area contributed by atoms with Crippen molar-refractivity contribution in [3.8, 4) is 21.6 Å². The first-order chi connectivity index (χ1) is 41.5. The SMILES string of the molecule is Cc1ncsc1-c1ccc(CNC(=O)[C@@H]2C[C@@H](OC(=O)OC[C@@H](C)SS(C)(=O)=O)CN2C(=O)[C@@H](NC(=O)CCCCCCCCCCNC(=O)c2cc3c(cc2CS(C)(=O)=O)-c2cn(C)c(=O)c4[nH]cc(c24)CN3c2ncc(F)cc2F)C(C)(C)C)cc1. The quantitative estimate of drug-likeness (QED) is 0.0224. The van der Waals surface area contributed by atoms with Crippen molar-refractivity contribution in [1.29, 1.82) is 0 Å². The number of benzene rings is 2. The largest absolute Gasteiger partial charge is 0.508 e. The number of anilines is 2. The summed E-state index contributed by atoms with van der Waals surface area (Å²) >= 11 is 1.53. The van der Waals surface area contributed by atoms with Crippen LogP contribution in [0.5, 0.6) is 0 Å². The summed E-state index contributed by atoms with van der Waals surface area (Å²) in [5, 5.41) is 8.75. The molecule has 4 amide bonds. The second kappa shape index (κ2) is 28.5. The van der Waals surface area contributed by atoms with Crippen molar-refractivity contribution in [2.75, 3.05) is 37.1 Å². The van der Waals surface area contributed by atoms with Gasteiger partial charge in [0.05, 0.1) is 52.1 Å². The number of aryl methyl sites for hydroxylation is 2. The number of ether oxygens (including phenoxy) is 2. The Balaban J connectivity index is 0.821. The minimum absolute atomic E-state index is 0.0236. The maximum atomic E-state index is 15.6. The molecule has 6 aromatic rings. The molecule has 0 aliphatic carbocycles. The molecule has 8 rings (SSSR count). The Bertz CT molecular complexity index is 3870. The first kappa shape index (κ1) is 66.7. The van der Waals surface area contributed by atoms with Crippen molar-refractivity contribution in [3.05, 3.63) is 117 Å². The molecule has 4 N–H and O–H groups in total. The van der Waals surface area contributed by atoms with E-state index in [-0.39, 0.29) is 79.6 Å². The van der Waals surface area contributed by atoms with Crippen molar-refractivity contribution in [1.82, 2.24) is 40.4 Å². The van der Waals surface area contributed by atoms with Crippen molar-refractivity contribution < 1.29 is 59.1 Å². The van der Waals surface area contributed by atoms with E-state index in [9.17, 15) is 50.0 Å². The Morgan fingerprint density at radius 1 is 0.920 bits per heavy atom. The molecule has 0 radical (unpaired) electrons. The summed E-state index contributed by atoms with van der Waals surface area (Å²) in [6.45, 7) is 8.92. The third-order valence-corrected chi connectivity index (χ3v) is 19.9. The second-order valence-corrected chi connectivity index (χ2v) is 31.5. The van der Waals surface area contributed by atoms with E-state index in [1.165, 1.54) is 31.8 Å². The number of thiazole rings is 1. The van der Waals surface area contributed by atoms with E-state index < -0.39 is 88.8 Å². The van der Waals surface area contributed by atoms with Crippen LogP contribution in [-0.4, -0.2) is 127 Å². The van der Waals surface area contributed by atoms with Crippen LogP contribution < -0.4 is 26.4 Å². The van der Waals surface area contributed by atoms with Gasteiger partial charge in [-0.2, -0.15) is 0 Å². The van der Waals surface area contributed by atoms with Gasteiger partial charge in [0.15, 0.2) is 30.3 Å². The molecule has 2 aliphatic rings. The van der Waals surface area contributed by atoms with E-state index in [1.54, 1.807) is 58.7 Å². The predicted molar refractivity (Wildman–Crippen MR) is 335 cm³/mol. The van der Waals surface area contributed by atoms with Crippen molar-refractivity contribution in [3.63, 3.8) is 0 Å². The summed E-state index contributed by atoms with van der Waals surface area (Å²) < 4.78 is 91.1. The summed E-state index contributed by atoms with van der Waals surface area (Å²) in [5.41, 5.74) is 5.75. The highest BCUT2D eigenvalue weighted by molar-refractivity contribution is 8.72. The van der Waals surface area contributed by atoms with Gasteiger partial charge in [-0.05, 0) is 77.3 Å². The number of likely N-dealkylation sites (tertiary alicyclic amines) is 1. The summed E-state index contributed by atoms with van der Waals surface area (Å²) in [7, 11) is -4.90. The molecule has 6 heterocycles. The molecule has 474 valence electrons. The highest BCUT2D eigenvalue weighted by Crippen LogP contribution is 2.45. The smallest absolute Gasteiger partial charge is 0.433 e. The van der Waals surface area contributed by atoms with Gasteiger partial charge in [0.2, 0.25) is 17.7 Å². The number of pyridine rings is 2. The average Bonchev–Trinajstić information content (AvgIpc) is 1.81.